The molecule has 23 heavy (non-hydrogen) atoms. The number of urea groups is 1. The monoisotopic (exact) mass is 320 g/mol. The molecule has 1 aromatic rings. The molecule has 1 saturated heterocycles. The number of hydrogen-bond donors (Lipinski definition) is 1. The van der Waals surface area contributed by atoms with Gasteiger partial charge in [-0.15, -0.1) is 0 Å². The molecule has 2 rings (SSSR count). The normalized spacial score (nSPS) is 15.8. The molecule has 0 aromatic heterocycles. The highest BCUT2D eigenvalue weighted by molar-refractivity contribution is 6.14. The largest absolute Gasteiger partial charge is 0.493 e. The van der Waals surface area contributed by atoms with E-state index in [0.29, 0.717) is 35.8 Å². The first-order valence-electron chi connectivity index (χ1n) is 7.20. The molecule has 0 atom stereocenters. The molecule has 3 amide bonds. The number of imide groups is 1. The smallest absolute Gasteiger partial charge is 0.329 e. The Morgan fingerprint density at radius 2 is 1.70 bits per heavy atom. The average Bonchev–Trinajstić information content (AvgIpc) is 2.81. The van der Waals surface area contributed by atoms with Gasteiger partial charge in [-0.3, -0.25) is 9.69 Å². The Bertz CT molecular complexity index is 629. The number of carbonyl (C=O) groups excluding carboxylic acids is 2. The van der Waals surface area contributed by atoms with Gasteiger partial charge in [-0.1, -0.05) is 6.92 Å². The molecule has 0 radical (unpaired) electrons. The number of rotatable bonds is 6. The highest BCUT2D eigenvalue weighted by Gasteiger charge is 2.32. The Hall–Kier alpha value is -2.70. The van der Waals surface area contributed by atoms with Crippen LogP contribution in [-0.2, 0) is 4.79 Å². The lowest BCUT2D eigenvalue weighted by Crippen LogP contribution is -2.31. The van der Waals surface area contributed by atoms with E-state index in [0.717, 1.165) is 0 Å². The van der Waals surface area contributed by atoms with Crippen LogP contribution in [-0.4, -0.2) is 44.7 Å². The Kier molecular flexibility index (Phi) is 5.10. The Balaban J connectivity index is 2.40. The van der Waals surface area contributed by atoms with Gasteiger partial charge in [0.25, 0.3) is 5.91 Å². The second-order valence-electron chi connectivity index (χ2n) is 4.90. The van der Waals surface area contributed by atoms with Gasteiger partial charge in [0.1, 0.15) is 5.70 Å². The zero-order valence-corrected chi connectivity index (χ0v) is 13.6. The van der Waals surface area contributed by atoms with E-state index in [1.165, 1.54) is 26.2 Å². The maximum Gasteiger partial charge on any atom is 0.329 e. The first kappa shape index (κ1) is 16.7. The van der Waals surface area contributed by atoms with Crippen LogP contribution in [0.5, 0.6) is 17.2 Å². The SMILES string of the molecule is CCCN1C(=O)NC(=Cc2cc(OC)c(OC)c(OC)c2)C1=O. The first-order valence-corrected chi connectivity index (χ1v) is 7.20. The summed E-state index contributed by atoms with van der Waals surface area (Å²) in [7, 11) is 4.54. The molecule has 1 aliphatic rings. The van der Waals surface area contributed by atoms with E-state index in [9.17, 15) is 9.59 Å². The van der Waals surface area contributed by atoms with E-state index < -0.39 is 6.03 Å². The van der Waals surface area contributed by atoms with Gasteiger partial charge < -0.3 is 19.5 Å². The molecule has 7 nitrogen and oxygen atoms in total. The van der Waals surface area contributed by atoms with E-state index in [1.807, 2.05) is 6.92 Å². The topological polar surface area (TPSA) is 77.1 Å². The van der Waals surface area contributed by atoms with Crippen LogP contribution in [0.25, 0.3) is 6.08 Å². The van der Waals surface area contributed by atoms with Gasteiger partial charge in [0.2, 0.25) is 5.75 Å². The van der Waals surface area contributed by atoms with Gasteiger partial charge in [0.15, 0.2) is 11.5 Å². The predicted molar refractivity (Wildman–Crippen MR) is 84.6 cm³/mol. The van der Waals surface area contributed by atoms with Crippen LogP contribution in [0.2, 0.25) is 0 Å². The fraction of sp³-hybridized carbons (Fsp3) is 0.375. The maximum atomic E-state index is 12.2. The number of benzene rings is 1. The first-order chi connectivity index (χ1) is 11.0. The Labute approximate surface area is 134 Å². The van der Waals surface area contributed by atoms with Crippen LogP contribution in [0.3, 0.4) is 0 Å². The van der Waals surface area contributed by atoms with Crippen molar-refractivity contribution >= 4 is 18.0 Å². The summed E-state index contributed by atoms with van der Waals surface area (Å²) in [6.45, 7) is 2.29. The summed E-state index contributed by atoms with van der Waals surface area (Å²) in [6, 6.07) is 3.00. The lowest BCUT2D eigenvalue weighted by atomic mass is 10.1. The third-order valence-corrected chi connectivity index (χ3v) is 3.41. The quantitative estimate of drug-likeness (QED) is 0.641. The highest BCUT2D eigenvalue weighted by Crippen LogP contribution is 2.38. The molecule has 1 fully saturated rings. The molecule has 1 aliphatic heterocycles. The molecule has 0 spiro atoms. The van der Waals surface area contributed by atoms with Crippen LogP contribution in [0.15, 0.2) is 17.8 Å². The zero-order chi connectivity index (χ0) is 17.0. The van der Waals surface area contributed by atoms with Crippen molar-refractivity contribution in [3.63, 3.8) is 0 Å². The molecule has 1 aromatic carbocycles. The third kappa shape index (κ3) is 3.23. The van der Waals surface area contributed by atoms with Crippen molar-refractivity contribution in [2.75, 3.05) is 27.9 Å². The van der Waals surface area contributed by atoms with Crippen LogP contribution in [0.4, 0.5) is 4.79 Å². The summed E-state index contributed by atoms with van der Waals surface area (Å²) in [5, 5.41) is 2.58. The van der Waals surface area contributed by atoms with Gasteiger partial charge in [0.05, 0.1) is 21.3 Å². The van der Waals surface area contributed by atoms with Crippen molar-refractivity contribution < 1.29 is 23.8 Å². The average molecular weight is 320 g/mol. The van der Waals surface area contributed by atoms with Crippen molar-refractivity contribution in [2.45, 2.75) is 13.3 Å². The highest BCUT2D eigenvalue weighted by atomic mass is 16.5. The number of nitrogens with zero attached hydrogens (tertiary/aromatic N) is 1. The Morgan fingerprint density at radius 1 is 1.09 bits per heavy atom. The van der Waals surface area contributed by atoms with Crippen LogP contribution in [0, 0.1) is 0 Å². The van der Waals surface area contributed by atoms with Gasteiger partial charge in [-0.05, 0) is 30.2 Å². The molecule has 124 valence electrons. The van der Waals surface area contributed by atoms with E-state index in [1.54, 1.807) is 18.2 Å². The molecule has 0 aliphatic carbocycles. The maximum absolute atomic E-state index is 12.2. The predicted octanol–water partition coefficient (Wildman–Crippen LogP) is 2.02. The van der Waals surface area contributed by atoms with E-state index in [2.05, 4.69) is 5.32 Å². The summed E-state index contributed by atoms with van der Waals surface area (Å²) in [4.78, 5) is 25.2. The standard InChI is InChI=1S/C16H20N2O5/c1-5-6-18-15(19)11(17-16(18)20)7-10-8-12(21-2)14(23-4)13(9-10)22-3/h7-9H,5-6H2,1-4H3,(H,17,20). The van der Waals surface area contributed by atoms with Crippen molar-refractivity contribution in [3.8, 4) is 17.2 Å². The summed E-state index contributed by atoms with van der Waals surface area (Å²) in [5.41, 5.74) is 0.874. The molecule has 0 saturated carbocycles. The number of amides is 3. The number of ether oxygens (including phenoxy) is 3. The van der Waals surface area contributed by atoms with Gasteiger partial charge in [0, 0.05) is 6.54 Å². The van der Waals surface area contributed by atoms with Crippen molar-refractivity contribution in [3.05, 3.63) is 23.4 Å². The van der Waals surface area contributed by atoms with Crippen molar-refractivity contribution in [1.82, 2.24) is 10.2 Å². The van der Waals surface area contributed by atoms with E-state index in [-0.39, 0.29) is 11.6 Å². The van der Waals surface area contributed by atoms with Gasteiger partial charge >= 0.3 is 6.03 Å². The minimum absolute atomic E-state index is 0.220. The van der Waals surface area contributed by atoms with Gasteiger partial charge in [-0.25, -0.2) is 4.79 Å². The number of nitrogens with one attached hydrogen (secondary N) is 1. The lowest BCUT2D eigenvalue weighted by Gasteiger charge is -2.13. The molecule has 7 heteroatoms. The zero-order valence-electron chi connectivity index (χ0n) is 13.6. The minimum Gasteiger partial charge on any atom is -0.493 e. The summed E-state index contributed by atoms with van der Waals surface area (Å²) >= 11 is 0. The fourth-order valence-corrected chi connectivity index (χ4v) is 2.35. The molecular formula is C16H20N2O5. The van der Waals surface area contributed by atoms with Crippen molar-refractivity contribution in [2.24, 2.45) is 0 Å². The van der Waals surface area contributed by atoms with E-state index in [4.69, 9.17) is 14.2 Å². The lowest BCUT2D eigenvalue weighted by molar-refractivity contribution is -0.122. The van der Waals surface area contributed by atoms with E-state index >= 15 is 0 Å². The Morgan fingerprint density at radius 3 is 2.17 bits per heavy atom. The molecule has 0 bridgehead atoms. The summed E-state index contributed by atoms with van der Waals surface area (Å²) in [6.07, 6.45) is 2.29. The number of carbonyl (C=O) groups is 2. The molecule has 0 unspecified atom stereocenters. The second kappa shape index (κ2) is 7.04. The number of methoxy groups -OCH3 is 3. The molecular weight excluding hydrogens is 300 g/mol. The number of hydrogen-bond acceptors (Lipinski definition) is 5. The van der Waals surface area contributed by atoms with Crippen molar-refractivity contribution in [1.29, 1.82) is 0 Å². The van der Waals surface area contributed by atoms with Crippen LogP contribution >= 0.6 is 0 Å². The second-order valence-corrected chi connectivity index (χ2v) is 4.90. The minimum atomic E-state index is -0.407. The molecule has 1 heterocycles. The van der Waals surface area contributed by atoms with Crippen LogP contribution < -0.4 is 19.5 Å². The van der Waals surface area contributed by atoms with Gasteiger partial charge in [-0.2, -0.15) is 0 Å². The molecule has 1 N–H and O–H groups in total. The summed E-state index contributed by atoms with van der Waals surface area (Å²) < 4.78 is 15.8. The fourth-order valence-electron chi connectivity index (χ4n) is 2.35. The van der Waals surface area contributed by atoms with Crippen LogP contribution in [0.1, 0.15) is 18.9 Å². The third-order valence-electron chi connectivity index (χ3n) is 3.41. The summed E-state index contributed by atoms with van der Waals surface area (Å²) in [5.74, 6) is 1.07.